The Hall–Kier alpha value is -1.68. The number of halogens is 1. The van der Waals surface area contributed by atoms with Crippen LogP contribution in [0.1, 0.15) is 23.2 Å². The van der Waals surface area contributed by atoms with Crippen LogP contribution in [-0.4, -0.2) is 48.4 Å². The Morgan fingerprint density at radius 3 is 2.89 bits per heavy atom. The molecule has 146 valence electrons. The zero-order chi connectivity index (χ0) is 18.5. The molecule has 0 aliphatic carbocycles. The lowest BCUT2D eigenvalue weighted by Gasteiger charge is -2.22. The number of hydrogen-bond donors (Lipinski definition) is 1. The van der Waals surface area contributed by atoms with Crippen LogP contribution in [0.2, 0.25) is 0 Å². The standard InChI is InChI=1S/C19H25N5OS.HI/c1-4-20-19(23(3)12-16-13-26-14(2)22-16)21-11-18(25)24-10-9-15-7-5-6-8-17(15)24;/h5-8,13H,4,9-12H2,1-3H3,(H,20,21);1H. The fraction of sp³-hybridized carbons (Fsp3) is 0.421. The minimum atomic E-state index is 0. The summed E-state index contributed by atoms with van der Waals surface area (Å²) in [6.07, 6.45) is 0.911. The molecule has 0 atom stereocenters. The summed E-state index contributed by atoms with van der Waals surface area (Å²) in [7, 11) is 1.96. The van der Waals surface area contributed by atoms with E-state index in [0.29, 0.717) is 6.54 Å². The number of fused-ring (bicyclic) bond motifs is 1. The largest absolute Gasteiger partial charge is 0.357 e. The number of benzene rings is 1. The molecule has 1 N–H and O–H groups in total. The first-order valence-corrected chi connectivity index (χ1v) is 9.75. The number of anilines is 1. The molecular weight excluding hydrogens is 473 g/mol. The van der Waals surface area contributed by atoms with E-state index in [2.05, 4.69) is 26.7 Å². The molecule has 0 saturated heterocycles. The van der Waals surface area contributed by atoms with Gasteiger partial charge in [-0.2, -0.15) is 0 Å². The number of hydrogen-bond acceptors (Lipinski definition) is 4. The van der Waals surface area contributed by atoms with Crippen LogP contribution < -0.4 is 10.2 Å². The summed E-state index contributed by atoms with van der Waals surface area (Å²) in [5, 5.41) is 6.37. The SMILES string of the molecule is CCNC(=NCC(=O)N1CCc2ccccc21)N(C)Cc1csc(C)n1.I. The maximum Gasteiger partial charge on any atom is 0.248 e. The molecule has 1 amide bonds. The lowest BCUT2D eigenvalue weighted by molar-refractivity contribution is -0.117. The van der Waals surface area contributed by atoms with Crippen molar-refractivity contribution in [1.29, 1.82) is 0 Å². The van der Waals surface area contributed by atoms with Gasteiger partial charge in [0.05, 0.1) is 17.2 Å². The quantitative estimate of drug-likeness (QED) is 0.391. The van der Waals surface area contributed by atoms with Crippen molar-refractivity contribution in [3.05, 3.63) is 45.9 Å². The van der Waals surface area contributed by atoms with E-state index >= 15 is 0 Å². The first-order chi connectivity index (χ1) is 12.6. The molecule has 2 heterocycles. The molecule has 3 rings (SSSR count). The molecule has 1 aliphatic rings. The van der Waals surface area contributed by atoms with Gasteiger partial charge >= 0.3 is 0 Å². The van der Waals surface area contributed by atoms with Crippen molar-refractivity contribution in [3.8, 4) is 0 Å². The predicted molar refractivity (Wildman–Crippen MR) is 122 cm³/mol. The summed E-state index contributed by atoms with van der Waals surface area (Å²) in [6, 6.07) is 8.08. The van der Waals surface area contributed by atoms with Gasteiger partial charge in [-0.15, -0.1) is 35.3 Å². The van der Waals surface area contributed by atoms with Gasteiger partial charge in [-0.3, -0.25) is 4.79 Å². The van der Waals surface area contributed by atoms with Crippen LogP contribution >= 0.6 is 35.3 Å². The Morgan fingerprint density at radius 2 is 2.19 bits per heavy atom. The minimum absolute atomic E-state index is 0. The van der Waals surface area contributed by atoms with Crippen molar-refractivity contribution in [2.75, 3.05) is 31.6 Å². The van der Waals surface area contributed by atoms with Crippen molar-refractivity contribution in [3.63, 3.8) is 0 Å². The number of nitrogens with zero attached hydrogens (tertiary/aromatic N) is 4. The lowest BCUT2D eigenvalue weighted by Crippen LogP contribution is -2.40. The Morgan fingerprint density at radius 1 is 1.41 bits per heavy atom. The monoisotopic (exact) mass is 499 g/mol. The van der Waals surface area contributed by atoms with Crippen molar-refractivity contribution in [2.24, 2.45) is 4.99 Å². The topological polar surface area (TPSA) is 60.8 Å². The summed E-state index contributed by atoms with van der Waals surface area (Å²) >= 11 is 1.64. The molecule has 27 heavy (non-hydrogen) atoms. The van der Waals surface area contributed by atoms with E-state index in [1.807, 2.05) is 48.9 Å². The molecule has 0 bridgehead atoms. The van der Waals surface area contributed by atoms with Crippen LogP contribution in [-0.2, 0) is 17.8 Å². The van der Waals surface area contributed by atoms with Gasteiger partial charge in [0.1, 0.15) is 6.54 Å². The molecule has 2 aromatic rings. The number of aromatic nitrogens is 1. The number of para-hydroxylation sites is 1. The molecular formula is C19H26IN5OS. The zero-order valence-electron chi connectivity index (χ0n) is 15.9. The van der Waals surface area contributed by atoms with Gasteiger partial charge in [0, 0.05) is 31.2 Å². The van der Waals surface area contributed by atoms with Gasteiger partial charge in [-0.05, 0) is 31.9 Å². The summed E-state index contributed by atoms with van der Waals surface area (Å²) < 4.78 is 0. The number of carbonyl (C=O) groups is 1. The molecule has 1 aliphatic heterocycles. The summed E-state index contributed by atoms with van der Waals surface area (Å²) in [5.41, 5.74) is 3.26. The lowest BCUT2D eigenvalue weighted by atomic mass is 10.2. The van der Waals surface area contributed by atoms with Crippen molar-refractivity contribution >= 4 is 52.9 Å². The number of aliphatic imine (C=N–C) groups is 1. The molecule has 0 unspecified atom stereocenters. The van der Waals surface area contributed by atoms with Crippen LogP contribution in [0.3, 0.4) is 0 Å². The smallest absolute Gasteiger partial charge is 0.248 e. The van der Waals surface area contributed by atoms with Gasteiger partial charge in [-0.1, -0.05) is 18.2 Å². The first-order valence-electron chi connectivity index (χ1n) is 8.87. The van der Waals surface area contributed by atoms with Crippen LogP contribution in [0.4, 0.5) is 5.69 Å². The molecule has 0 fully saturated rings. The van der Waals surface area contributed by atoms with Crippen LogP contribution in [0.15, 0.2) is 34.6 Å². The molecule has 8 heteroatoms. The molecule has 0 radical (unpaired) electrons. The van der Waals surface area contributed by atoms with E-state index in [1.165, 1.54) is 5.56 Å². The summed E-state index contributed by atoms with van der Waals surface area (Å²) in [5.74, 6) is 0.752. The zero-order valence-corrected chi connectivity index (χ0v) is 19.1. The highest BCUT2D eigenvalue weighted by atomic mass is 127. The molecule has 0 spiro atoms. The van der Waals surface area contributed by atoms with Crippen LogP contribution in [0.25, 0.3) is 0 Å². The summed E-state index contributed by atoms with van der Waals surface area (Å²) in [6.45, 7) is 6.31. The Kier molecular flexibility index (Phi) is 8.03. The predicted octanol–water partition coefficient (Wildman–Crippen LogP) is 3.06. The van der Waals surface area contributed by atoms with Gasteiger partial charge in [-0.25, -0.2) is 9.98 Å². The maximum atomic E-state index is 12.7. The second kappa shape index (κ2) is 10.0. The highest BCUT2D eigenvalue weighted by Gasteiger charge is 2.23. The van der Waals surface area contributed by atoms with Gasteiger partial charge in [0.15, 0.2) is 5.96 Å². The van der Waals surface area contributed by atoms with Crippen molar-refractivity contribution in [2.45, 2.75) is 26.8 Å². The first kappa shape index (κ1) is 21.6. The second-order valence-corrected chi connectivity index (χ2v) is 7.37. The van der Waals surface area contributed by atoms with E-state index in [-0.39, 0.29) is 36.4 Å². The summed E-state index contributed by atoms with van der Waals surface area (Å²) in [4.78, 5) is 25.6. The fourth-order valence-electron chi connectivity index (χ4n) is 3.09. The number of aryl methyl sites for hydroxylation is 1. The highest BCUT2D eigenvalue weighted by Crippen LogP contribution is 2.27. The number of guanidine groups is 1. The third kappa shape index (κ3) is 5.41. The fourth-order valence-corrected chi connectivity index (χ4v) is 3.70. The average Bonchev–Trinajstić information content (AvgIpc) is 3.24. The van der Waals surface area contributed by atoms with Gasteiger partial charge in [0.25, 0.3) is 0 Å². The normalized spacial score (nSPS) is 13.1. The maximum absolute atomic E-state index is 12.7. The Balaban J connectivity index is 0.00000261. The molecule has 0 saturated carbocycles. The van der Waals surface area contributed by atoms with Crippen molar-refractivity contribution < 1.29 is 4.79 Å². The van der Waals surface area contributed by atoms with E-state index in [1.54, 1.807) is 11.3 Å². The molecule has 6 nitrogen and oxygen atoms in total. The Labute approximate surface area is 181 Å². The third-order valence-electron chi connectivity index (χ3n) is 4.31. The highest BCUT2D eigenvalue weighted by molar-refractivity contribution is 14.0. The number of amides is 1. The average molecular weight is 499 g/mol. The number of nitrogens with one attached hydrogen (secondary N) is 1. The Bertz CT molecular complexity index is 807. The van der Waals surface area contributed by atoms with Gasteiger partial charge < -0.3 is 15.1 Å². The molecule has 1 aromatic heterocycles. The number of rotatable bonds is 5. The number of thiazole rings is 1. The van der Waals surface area contributed by atoms with E-state index < -0.39 is 0 Å². The minimum Gasteiger partial charge on any atom is -0.357 e. The van der Waals surface area contributed by atoms with E-state index in [9.17, 15) is 4.79 Å². The second-order valence-electron chi connectivity index (χ2n) is 6.31. The number of carbonyl (C=O) groups excluding carboxylic acids is 1. The van der Waals surface area contributed by atoms with Crippen molar-refractivity contribution in [1.82, 2.24) is 15.2 Å². The van der Waals surface area contributed by atoms with Crippen LogP contribution in [0, 0.1) is 6.92 Å². The van der Waals surface area contributed by atoms with Crippen LogP contribution in [0.5, 0.6) is 0 Å². The van der Waals surface area contributed by atoms with Gasteiger partial charge in [0.2, 0.25) is 5.91 Å². The van der Waals surface area contributed by atoms with E-state index in [0.717, 1.165) is 41.9 Å². The van der Waals surface area contributed by atoms with E-state index in [4.69, 9.17) is 0 Å². The molecule has 1 aromatic carbocycles. The third-order valence-corrected chi connectivity index (χ3v) is 5.14.